The molecule has 0 aliphatic heterocycles. The smallest absolute Gasteiger partial charge is 0.268 e. The maximum atomic E-state index is 12.4. The molecule has 0 saturated heterocycles. The van der Waals surface area contributed by atoms with E-state index in [1.54, 1.807) is 30.0 Å². The summed E-state index contributed by atoms with van der Waals surface area (Å²) in [6, 6.07) is 8.77. The quantitative estimate of drug-likeness (QED) is 0.772. The van der Waals surface area contributed by atoms with Gasteiger partial charge in [-0.2, -0.15) is 0 Å². The summed E-state index contributed by atoms with van der Waals surface area (Å²) in [5.74, 6) is -0.478. The molecule has 0 radical (unpaired) electrons. The summed E-state index contributed by atoms with van der Waals surface area (Å²) in [6.07, 6.45) is 3.29. The first kappa shape index (κ1) is 16.5. The molecule has 120 valence electrons. The van der Waals surface area contributed by atoms with E-state index in [1.165, 1.54) is 0 Å². The van der Waals surface area contributed by atoms with Crippen molar-refractivity contribution in [2.45, 2.75) is 13.0 Å². The number of nitrogens with zero attached hydrogens (tertiary/aromatic N) is 1. The number of nitrogens with one attached hydrogen (secondary N) is 2. The third-order valence-electron chi connectivity index (χ3n) is 3.50. The first-order chi connectivity index (χ1) is 11.1. The van der Waals surface area contributed by atoms with E-state index in [-0.39, 0.29) is 11.8 Å². The van der Waals surface area contributed by atoms with Gasteiger partial charge >= 0.3 is 0 Å². The number of hydrogen-bond donors (Lipinski definition) is 2. The van der Waals surface area contributed by atoms with Gasteiger partial charge in [0, 0.05) is 24.0 Å². The molecule has 1 aromatic carbocycles. The number of hydrogen-bond acceptors (Lipinski definition) is 2. The number of benzene rings is 1. The van der Waals surface area contributed by atoms with Crippen molar-refractivity contribution in [3.05, 3.63) is 61.3 Å². The highest BCUT2D eigenvalue weighted by Crippen LogP contribution is 2.14. The minimum atomic E-state index is -0.631. The monoisotopic (exact) mass is 311 g/mol. The van der Waals surface area contributed by atoms with Gasteiger partial charge in [0.05, 0.1) is 0 Å². The molecule has 0 spiro atoms. The van der Waals surface area contributed by atoms with E-state index >= 15 is 0 Å². The number of para-hydroxylation sites is 1. The number of carbonyl (C=O) groups excluding carboxylic acids is 2. The van der Waals surface area contributed by atoms with Crippen LogP contribution in [0.4, 0.5) is 0 Å². The van der Waals surface area contributed by atoms with Gasteiger partial charge in [-0.1, -0.05) is 30.4 Å². The molecular formula is C18H21N3O2. The van der Waals surface area contributed by atoms with Gasteiger partial charge in [0.15, 0.2) is 0 Å². The lowest BCUT2D eigenvalue weighted by Gasteiger charge is -2.23. The van der Waals surface area contributed by atoms with E-state index in [9.17, 15) is 9.59 Å². The molecule has 2 aromatic rings. The highest BCUT2D eigenvalue weighted by atomic mass is 16.2. The Kier molecular flexibility index (Phi) is 5.36. The van der Waals surface area contributed by atoms with Gasteiger partial charge in [-0.05, 0) is 19.1 Å². The zero-order valence-corrected chi connectivity index (χ0v) is 13.2. The molecule has 1 unspecified atom stereocenters. The third-order valence-corrected chi connectivity index (χ3v) is 3.50. The fourth-order valence-electron chi connectivity index (χ4n) is 2.37. The van der Waals surface area contributed by atoms with Crippen LogP contribution in [0.15, 0.2) is 55.6 Å². The van der Waals surface area contributed by atoms with Crippen LogP contribution in [0.5, 0.6) is 0 Å². The molecule has 2 N–H and O–H groups in total. The Morgan fingerprint density at radius 2 is 1.91 bits per heavy atom. The normalized spacial score (nSPS) is 11.7. The second-order valence-corrected chi connectivity index (χ2v) is 5.29. The molecule has 1 aromatic heterocycles. The summed E-state index contributed by atoms with van der Waals surface area (Å²) in [7, 11) is 0. The minimum absolute atomic E-state index is 0.172. The average Bonchev–Trinajstić information content (AvgIpc) is 2.98. The van der Waals surface area contributed by atoms with Crippen LogP contribution < -0.4 is 5.32 Å². The first-order valence-electron chi connectivity index (χ1n) is 7.46. The van der Waals surface area contributed by atoms with Gasteiger partial charge < -0.3 is 15.2 Å². The lowest BCUT2D eigenvalue weighted by Crippen LogP contribution is -2.47. The summed E-state index contributed by atoms with van der Waals surface area (Å²) in [4.78, 5) is 29.3. The molecule has 0 saturated carbocycles. The van der Waals surface area contributed by atoms with Crippen LogP contribution >= 0.6 is 0 Å². The van der Waals surface area contributed by atoms with Gasteiger partial charge in [-0.15, -0.1) is 13.2 Å². The Balaban J connectivity index is 2.07. The molecular weight excluding hydrogens is 290 g/mol. The molecule has 0 aliphatic rings. The largest absolute Gasteiger partial charge is 0.351 e. The Morgan fingerprint density at radius 1 is 1.26 bits per heavy atom. The summed E-state index contributed by atoms with van der Waals surface area (Å²) in [6.45, 7) is 9.77. The Hall–Kier alpha value is -2.82. The SMILES string of the molecule is C=CCN(CC=C)C(=O)C(C)NC(=O)c1cc2ccccc2[nH]1. The summed E-state index contributed by atoms with van der Waals surface area (Å²) in [5.41, 5.74) is 1.32. The van der Waals surface area contributed by atoms with Gasteiger partial charge in [0.2, 0.25) is 5.91 Å². The molecule has 23 heavy (non-hydrogen) atoms. The van der Waals surface area contributed by atoms with Gasteiger partial charge in [0.25, 0.3) is 5.91 Å². The predicted molar refractivity (Wildman–Crippen MR) is 92.2 cm³/mol. The van der Waals surface area contributed by atoms with Gasteiger partial charge in [0.1, 0.15) is 11.7 Å². The zero-order chi connectivity index (χ0) is 16.8. The van der Waals surface area contributed by atoms with Crippen molar-refractivity contribution in [3.8, 4) is 0 Å². The number of carbonyl (C=O) groups is 2. The number of amides is 2. The van der Waals surface area contributed by atoms with Crippen molar-refractivity contribution in [1.29, 1.82) is 0 Å². The number of aromatic nitrogens is 1. The van der Waals surface area contributed by atoms with Crippen LogP contribution in [0.3, 0.4) is 0 Å². The standard InChI is InChI=1S/C18H21N3O2/c1-4-10-21(11-5-2)18(23)13(3)19-17(22)16-12-14-8-6-7-9-15(14)20-16/h4-9,12-13,20H,1-2,10-11H2,3H3,(H,19,22). The zero-order valence-electron chi connectivity index (χ0n) is 13.2. The lowest BCUT2D eigenvalue weighted by molar-refractivity contribution is -0.131. The summed E-state index contributed by atoms with van der Waals surface area (Å²) in [5, 5.41) is 3.68. The van der Waals surface area contributed by atoms with E-state index in [2.05, 4.69) is 23.5 Å². The van der Waals surface area contributed by atoms with Crippen molar-refractivity contribution in [2.24, 2.45) is 0 Å². The number of H-pyrrole nitrogens is 1. The van der Waals surface area contributed by atoms with Crippen LogP contribution in [0.1, 0.15) is 17.4 Å². The van der Waals surface area contributed by atoms with Crippen molar-refractivity contribution >= 4 is 22.7 Å². The lowest BCUT2D eigenvalue weighted by atomic mass is 10.2. The molecule has 0 fully saturated rings. The maximum Gasteiger partial charge on any atom is 0.268 e. The topological polar surface area (TPSA) is 65.2 Å². The van der Waals surface area contributed by atoms with Crippen LogP contribution in [-0.2, 0) is 4.79 Å². The highest BCUT2D eigenvalue weighted by molar-refractivity contribution is 6.00. The van der Waals surface area contributed by atoms with E-state index < -0.39 is 6.04 Å². The second kappa shape index (κ2) is 7.45. The average molecular weight is 311 g/mol. The molecule has 1 heterocycles. The minimum Gasteiger partial charge on any atom is -0.351 e. The highest BCUT2D eigenvalue weighted by Gasteiger charge is 2.21. The molecule has 5 nitrogen and oxygen atoms in total. The molecule has 0 bridgehead atoms. The number of fused-ring (bicyclic) bond motifs is 1. The first-order valence-corrected chi connectivity index (χ1v) is 7.46. The van der Waals surface area contributed by atoms with Gasteiger partial charge in [-0.3, -0.25) is 9.59 Å². The molecule has 2 amide bonds. The van der Waals surface area contributed by atoms with Crippen molar-refractivity contribution in [1.82, 2.24) is 15.2 Å². The van der Waals surface area contributed by atoms with Crippen molar-refractivity contribution in [3.63, 3.8) is 0 Å². The predicted octanol–water partition coefficient (Wildman–Crippen LogP) is 2.49. The third kappa shape index (κ3) is 3.88. The van der Waals surface area contributed by atoms with Crippen molar-refractivity contribution in [2.75, 3.05) is 13.1 Å². The summed E-state index contributed by atoms with van der Waals surface area (Å²) >= 11 is 0. The van der Waals surface area contributed by atoms with Crippen LogP contribution in [0.2, 0.25) is 0 Å². The van der Waals surface area contributed by atoms with E-state index in [4.69, 9.17) is 0 Å². The fourth-order valence-corrected chi connectivity index (χ4v) is 2.37. The molecule has 2 rings (SSSR count). The Bertz CT molecular complexity index is 690. The number of rotatable bonds is 7. The Labute approximate surface area is 135 Å². The summed E-state index contributed by atoms with van der Waals surface area (Å²) < 4.78 is 0. The molecule has 1 atom stereocenters. The van der Waals surface area contributed by atoms with E-state index in [1.807, 2.05) is 24.3 Å². The fraction of sp³-hybridized carbons (Fsp3) is 0.222. The van der Waals surface area contributed by atoms with E-state index in [0.717, 1.165) is 10.9 Å². The Morgan fingerprint density at radius 3 is 2.52 bits per heavy atom. The van der Waals surface area contributed by atoms with Gasteiger partial charge in [-0.25, -0.2) is 0 Å². The molecule has 0 aliphatic carbocycles. The van der Waals surface area contributed by atoms with Crippen LogP contribution in [0, 0.1) is 0 Å². The van der Waals surface area contributed by atoms with Crippen LogP contribution in [-0.4, -0.2) is 40.8 Å². The maximum absolute atomic E-state index is 12.4. The van der Waals surface area contributed by atoms with Crippen LogP contribution in [0.25, 0.3) is 10.9 Å². The van der Waals surface area contributed by atoms with E-state index in [0.29, 0.717) is 18.8 Å². The molecule has 5 heteroatoms. The number of aromatic amines is 1. The van der Waals surface area contributed by atoms with Crippen molar-refractivity contribution < 1.29 is 9.59 Å². The second-order valence-electron chi connectivity index (χ2n) is 5.29.